The fraction of sp³-hybridized carbons (Fsp3) is 0.667. The lowest BCUT2D eigenvalue weighted by atomic mass is 9.56. The molecule has 1 heterocycles. The van der Waals surface area contributed by atoms with E-state index in [0.29, 0.717) is 17.7 Å². The van der Waals surface area contributed by atoms with E-state index in [1.165, 1.54) is 65.5 Å². The molecule has 15 heteroatoms. The third-order valence-corrected chi connectivity index (χ3v) is 18.7. The molecular formula is C72H119O12P3. The minimum absolute atomic E-state index is 0.0273. The van der Waals surface area contributed by atoms with Crippen LogP contribution in [0.15, 0.2) is 48.5 Å². The van der Waals surface area contributed by atoms with E-state index in [4.69, 9.17) is 33.1 Å². The van der Waals surface area contributed by atoms with Crippen molar-refractivity contribution in [3.05, 3.63) is 126 Å². The van der Waals surface area contributed by atoms with Crippen LogP contribution in [0.2, 0.25) is 0 Å². The summed E-state index contributed by atoms with van der Waals surface area (Å²) in [5.41, 5.74) is 9.63. The third kappa shape index (κ3) is 20.4. The number of benzene rings is 4. The predicted octanol–water partition coefficient (Wildman–Crippen LogP) is 18.0. The SMILES string of the molecule is CCCCCCCCOP1Oc2c(cc(C(C)(C)C)cc2C(C)(C)C)Cc2cc(C(C)(C)C)cc(C(C)(C)C)c2O1.Cc1cc(C(C)(C)C)c(C(O)(c2c(C(C)(C)C)cc(C)cc2C(C)(C)C)C(CO)(CO)CO)c(C(C)(C)C)c1.OP(O)OP(O)O. The monoisotopic (exact) mass is 1270 g/mol. The average Bonchev–Trinajstić information content (AvgIpc) is 0.706. The molecule has 0 saturated heterocycles. The van der Waals surface area contributed by atoms with Crippen LogP contribution in [0.3, 0.4) is 0 Å². The molecule has 8 N–H and O–H groups in total. The molecule has 5 rings (SSSR count). The van der Waals surface area contributed by atoms with Crippen LogP contribution in [0.25, 0.3) is 0 Å². The first-order chi connectivity index (χ1) is 39.4. The van der Waals surface area contributed by atoms with Crippen molar-refractivity contribution in [3.8, 4) is 11.5 Å². The van der Waals surface area contributed by atoms with Crippen molar-refractivity contribution in [2.45, 2.75) is 281 Å². The number of aryl methyl sites for hydroxylation is 2. The smallest absolute Gasteiger partial charge is 0.417 e. The van der Waals surface area contributed by atoms with Crippen LogP contribution in [0.1, 0.15) is 290 Å². The number of aliphatic hydroxyl groups excluding tert-OH is 3. The van der Waals surface area contributed by atoms with Gasteiger partial charge in [-0.25, -0.2) is 4.31 Å². The van der Waals surface area contributed by atoms with Gasteiger partial charge in [0.2, 0.25) is 0 Å². The molecule has 0 spiro atoms. The third-order valence-electron chi connectivity index (χ3n) is 16.4. The summed E-state index contributed by atoms with van der Waals surface area (Å²) in [6.07, 6.45) is 8.12. The molecule has 0 aromatic heterocycles. The summed E-state index contributed by atoms with van der Waals surface area (Å²) in [5, 5.41) is 46.9. The zero-order valence-electron chi connectivity index (χ0n) is 58.9. The molecule has 1 aliphatic heterocycles. The van der Waals surface area contributed by atoms with Gasteiger partial charge in [0.1, 0.15) is 17.1 Å². The van der Waals surface area contributed by atoms with Gasteiger partial charge in [-0.2, -0.15) is 0 Å². The highest BCUT2D eigenvalue weighted by molar-refractivity contribution is 7.53. The van der Waals surface area contributed by atoms with Crippen LogP contribution in [0.4, 0.5) is 0 Å². The van der Waals surface area contributed by atoms with Gasteiger partial charge in [0.25, 0.3) is 0 Å². The van der Waals surface area contributed by atoms with Crippen molar-refractivity contribution in [1.82, 2.24) is 0 Å². The maximum Gasteiger partial charge on any atom is 0.463 e. The Bertz CT molecular complexity index is 2620. The number of hydrogen-bond acceptors (Lipinski definition) is 12. The summed E-state index contributed by atoms with van der Waals surface area (Å²) in [7, 11) is -6.84. The second kappa shape index (κ2) is 30.0. The number of fused-ring (bicyclic) bond motifs is 2. The summed E-state index contributed by atoms with van der Waals surface area (Å²) in [6.45, 7) is 58.2. The summed E-state index contributed by atoms with van der Waals surface area (Å²) in [6, 6.07) is 17.9. The quantitative estimate of drug-likeness (QED) is 0.0391. The molecule has 4 aromatic rings. The molecule has 12 nitrogen and oxygen atoms in total. The summed E-state index contributed by atoms with van der Waals surface area (Å²) < 4.78 is 23.8. The molecular weight excluding hydrogens is 1150 g/mol. The van der Waals surface area contributed by atoms with E-state index in [2.05, 4.69) is 240 Å². The van der Waals surface area contributed by atoms with Crippen molar-refractivity contribution in [2.24, 2.45) is 5.41 Å². The molecule has 4 aromatic carbocycles. The van der Waals surface area contributed by atoms with Crippen LogP contribution >= 0.6 is 25.8 Å². The first-order valence-electron chi connectivity index (χ1n) is 31.4. The van der Waals surface area contributed by atoms with E-state index < -0.39 is 56.6 Å². The predicted molar refractivity (Wildman–Crippen MR) is 366 cm³/mol. The van der Waals surface area contributed by atoms with Crippen molar-refractivity contribution in [3.63, 3.8) is 0 Å². The normalized spacial score (nSPS) is 14.3. The van der Waals surface area contributed by atoms with Crippen LogP contribution in [-0.4, -0.2) is 66.4 Å². The minimum atomic E-state index is -2.61. The first kappa shape index (κ1) is 78.6. The van der Waals surface area contributed by atoms with Gasteiger partial charge in [-0.05, 0) is 119 Å². The highest BCUT2D eigenvalue weighted by Gasteiger charge is 2.58. The Morgan fingerprint density at radius 2 is 0.724 bits per heavy atom. The maximum absolute atomic E-state index is 13.7. The Labute approximate surface area is 531 Å². The molecule has 0 bridgehead atoms. The first-order valence-corrected chi connectivity index (χ1v) is 34.9. The second-order valence-electron chi connectivity index (χ2n) is 32.7. The van der Waals surface area contributed by atoms with E-state index in [-0.39, 0.29) is 43.3 Å². The van der Waals surface area contributed by atoms with Gasteiger partial charge in [-0.3, -0.25) is 4.52 Å². The highest BCUT2D eigenvalue weighted by atomic mass is 31.2. The average molecular weight is 1270 g/mol. The van der Waals surface area contributed by atoms with Gasteiger partial charge in [0, 0.05) is 17.5 Å². The van der Waals surface area contributed by atoms with E-state index in [1.54, 1.807) is 0 Å². The maximum atomic E-state index is 13.7. The van der Waals surface area contributed by atoms with Gasteiger partial charge in [0.05, 0.1) is 31.8 Å². The number of aliphatic hydroxyl groups is 4. The molecule has 87 heavy (non-hydrogen) atoms. The van der Waals surface area contributed by atoms with Gasteiger partial charge in [-0.15, -0.1) is 0 Å². The van der Waals surface area contributed by atoms with Gasteiger partial charge >= 0.3 is 25.8 Å². The molecule has 1 aliphatic rings. The van der Waals surface area contributed by atoms with E-state index in [9.17, 15) is 20.4 Å². The fourth-order valence-electron chi connectivity index (χ4n) is 11.2. The molecule has 0 radical (unpaired) electrons. The van der Waals surface area contributed by atoms with Crippen LogP contribution in [0.5, 0.6) is 11.5 Å². The van der Waals surface area contributed by atoms with Crippen molar-refractivity contribution >= 4 is 25.8 Å². The van der Waals surface area contributed by atoms with E-state index in [1.807, 2.05) is 0 Å². The zero-order chi connectivity index (χ0) is 67.2. The summed E-state index contributed by atoms with van der Waals surface area (Å²) in [4.78, 5) is 31.3. The Kier molecular flexibility index (Phi) is 27.1. The van der Waals surface area contributed by atoms with Gasteiger partial charge in [-0.1, -0.05) is 265 Å². The van der Waals surface area contributed by atoms with Gasteiger partial charge < -0.3 is 49.0 Å². The number of hydrogen-bond donors (Lipinski definition) is 8. The number of rotatable bonds is 16. The lowest BCUT2D eigenvalue weighted by Gasteiger charge is -2.52. The highest BCUT2D eigenvalue weighted by Crippen LogP contribution is 2.57. The zero-order valence-corrected chi connectivity index (χ0v) is 61.6. The topological polar surface area (TPSA) is 199 Å². The Balaban J connectivity index is 0.000000410. The molecule has 0 aliphatic carbocycles. The van der Waals surface area contributed by atoms with Gasteiger partial charge in [0.15, 0.2) is 0 Å². The van der Waals surface area contributed by atoms with Crippen molar-refractivity contribution in [1.29, 1.82) is 0 Å². The largest absolute Gasteiger partial charge is 0.463 e. The summed E-state index contributed by atoms with van der Waals surface area (Å²) >= 11 is 0. The Morgan fingerprint density at radius 3 is 0.977 bits per heavy atom. The number of unbranched alkanes of at least 4 members (excludes halogenated alkanes) is 5. The molecule has 0 fully saturated rings. The minimum Gasteiger partial charge on any atom is -0.417 e. The van der Waals surface area contributed by atoms with Crippen molar-refractivity contribution < 1.29 is 57.9 Å². The lowest BCUT2D eigenvalue weighted by Crippen LogP contribution is -2.57. The van der Waals surface area contributed by atoms with E-state index in [0.717, 1.165) is 57.7 Å². The summed E-state index contributed by atoms with van der Waals surface area (Å²) in [5.74, 6) is 1.90. The Hall–Kier alpha value is -2.63. The van der Waals surface area contributed by atoms with Crippen LogP contribution in [-0.2, 0) is 64.2 Å². The molecule has 0 atom stereocenters. The molecule has 0 unspecified atom stereocenters. The van der Waals surface area contributed by atoms with E-state index >= 15 is 0 Å². The van der Waals surface area contributed by atoms with Crippen LogP contribution in [0, 0.1) is 19.3 Å². The second-order valence-corrected chi connectivity index (χ2v) is 35.5. The van der Waals surface area contributed by atoms with Crippen LogP contribution < -0.4 is 9.05 Å². The molecule has 0 saturated carbocycles. The standard InChI is InChI=1S/C37H59O3P.C35H56O4.H4O5P2/c1-14-15-16-17-18-19-20-38-41-39-32-26(22-28(34(2,3)4)24-30(32)36(8,9)10)21-27-23-29(35(5,6)7)25-31(33(27)40-41)37(11,12)13;1-22-15-24(30(3,4)5)28(25(16-22)31(6,7)8)35(39,34(19-36,20-37)21-38)29-26(32(9,10)11)17-23(2)18-27(29)33(12,13)14;1-6(2)5-7(3)4/h22-25H,14-21H2,1-13H3;15-18,36-39H,19-21H2,1-14H3;1-4H. The lowest BCUT2D eigenvalue weighted by molar-refractivity contribution is -0.138. The van der Waals surface area contributed by atoms with Crippen molar-refractivity contribution in [2.75, 3.05) is 26.4 Å². The Morgan fingerprint density at radius 1 is 0.425 bits per heavy atom. The molecule has 0 amide bonds. The fourth-order valence-corrected chi connectivity index (χ4v) is 12.9. The molecule has 494 valence electrons.